The van der Waals surface area contributed by atoms with Crippen LogP contribution in [0.15, 0.2) is 30.3 Å². The topological polar surface area (TPSA) is 58.6 Å². The first-order valence-electron chi connectivity index (χ1n) is 8.18. The fourth-order valence-corrected chi connectivity index (χ4v) is 3.42. The minimum absolute atomic E-state index is 0.0447. The molecule has 0 bridgehead atoms. The van der Waals surface area contributed by atoms with Crippen LogP contribution in [0.2, 0.25) is 0 Å². The molecule has 2 aromatic rings. The molecular weight excluding hydrogens is 304 g/mol. The van der Waals surface area contributed by atoms with Crippen LogP contribution in [0.25, 0.3) is 10.8 Å². The Kier molecular flexibility index (Phi) is 3.10. The molecule has 0 unspecified atom stereocenters. The summed E-state index contributed by atoms with van der Waals surface area (Å²) < 4.78 is 5.41. The zero-order valence-electron chi connectivity index (χ0n) is 14.1. The third-order valence-corrected chi connectivity index (χ3v) is 4.54. The lowest BCUT2D eigenvalue weighted by atomic mass is 9.87. The number of nitrogens with zero attached hydrogens (tertiary/aromatic N) is 1. The molecule has 2 heterocycles. The highest BCUT2D eigenvalue weighted by Gasteiger charge is 2.36. The van der Waals surface area contributed by atoms with Gasteiger partial charge in [0, 0.05) is 35.6 Å². The Bertz CT molecular complexity index is 861. The van der Waals surface area contributed by atoms with Crippen molar-refractivity contribution in [2.45, 2.75) is 32.3 Å². The Morgan fingerprint density at radius 3 is 2.67 bits per heavy atom. The van der Waals surface area contributed by atoms with Crippen molar-refractivity contribution < 1.29 is 14.3 Å². The minimum Gasteiger partial charge on any atom is -0.444 e. The standard InChI is InChI=1S/C19H20N2O3/c1-19(2,3)24-18(23)21-9-11(10-21)12-7-8-14-16-13(12)5-4-6-15(16)20-17(14)22/h4-8,11H,9-10H2,1-3H3,(H,20,22). The summed E-state index contributed by atoms with van der Waals surface area (Å²) in [6, 6.07) is 9.84. The monoisotopic (exact) mass is 324 g/mol. The molecule has 0 radical (unpaired) electrons. The van der Waals surface area contributed by atoms with Crippen molar-refractivity contribution in [2.75, 3.05) is 18.4 Å². The van der Waals surface area contributed by atoms with Crippen LogP contribution in [0.3, 0.4) is 0 Å². The van der Waals surface area contributed by atoms with E-state index >= 15 is 0 Å². The SMILES string of the molecule is CC(C)(C)OC(=O)N1CC(c2ccc3c4c(cccc24)NC3=O)C1. The molecule has 5 nitrogen and oxygen atoms in total. The number of benzene rings is 2. The maximum absolute atomic E-state index is 12.1. The van der Waals surface area contributed by atoms with Crippen LogP contribution in [0.4, 0.5) is 10.5 Å². The van der Waals surface area contributed by atoms with Gasteiger partial charge in [0.15, 0.2) is 0 Å². The molecule has 5 heteroatoms. The van der Waals surface area contributed by atoms with Crippen molar-refractivity contribution >= 4 is 28.5 Å². The summed E-state index contributed by atoms with van der Waals surface area (Å²) in [7, 11) is 0. The summed E-state index contributed by atoms with van der Waals surface area (Å²) in [5.41, 5.74) is 2.31. The maximum atomic E-state index is 12.1. The van der Waals surface area contributed by atoms with Crippen LogP contribution in [0, 0.1) is 0 Å². The number of hydrogen-bond acceptors (Lipinski definition) is 3. The number of carbonyl (C=O) groups is 2. The zero-order valence-corrected chi connectivity index (χ0v) is 14.1. The van der Waals surface area contributed by atoms with Gasteiger partial charge >= 0.3 is 6.09 Å². The van der Waals surface area contributed by atoms with Gasteiger partial charge in [-0.1, -0.05) is 18.2 Å². The summed E-state index contributed by atoms with van der Waals surface area (Å²) in [5, 5.41) is 4.99. The van der Waals surface area contributed by atoms with Gasteiger partial charge in [-0.05, 0) is 43.9 Å². The minimum atomic E-state index is -0.476. The van der Waals surface area contributed by atoms with Crippen molar-refractivity contribution in [1.82, 2.24) is 4.90 Å². The molecule has 1 fully saturated rings. The second-order valence-electron chi connectivity index (χ2n) is 7.47. The largest absolute Gasteiger partial charge is 0.444 e. The lowest BCUT2D eigenvalue weighted by Gasteiger charge is -2.40. The van der Waals surface area contributed by atoms with Gasteiger partial charge < -0.3 is 15.0 Å². The number of carbonyl (C=O) groups excluding carboxylic acids is 2. The normalized spacial score (nSPS) is 17.0. The van der Waals surface area contributed by atoms with Gasteiger partial charge in [-0.25, -0.2) is 4.79 Å². The predicted octanol–water partition coefficient (Wildman–Crippen LogP) is 3.74. The number of nitrogens with one attached hydrogen (secondary N) is 1. The molecule has 2 aromatic carbocycles. The second-order valence-corrected chi connectivity index (χ2v) is 7.47. The first-order valence-corrected chi connectivity index (χ1v) is 8.18. The van der Waals surface area contributed by atoms with E-state index in [2.05, 4.69) is 5.32 Å². The van der Waals surface area contributed by atoms with Gasteiger partial charge in [-0.2, -0.15) is 0 Å². The van der Waals surface area contributed by atoms with Crippen LogP contribution in [0.5, 0.6) is 0 Å². The summed E-state index contributed by atoms with van der Waals surface area (Å²) in [5.74, 6) is 0.231. The van der Waals surface area contributed by atoms with E-state index in [1.807, 2.05) is 51.1 Å². The molecule has 2 aliphatic heterocycles. The fourth-order valence-electron chi connectivity index (χ4n) is 3.42. The molecule has 0 saturated carbocycles. The van der Waals surface area contributed by atoms with Crippen LogP contribution in [-0.2, 0) is 4.74 Å². The molecule has 1 N–H and O–H groups in total. The van der Waals surface area contributed by atoms with E-state index in [1.54, 1.807) is 4.90 Å². The Hall–Kier alpha value is -2.56. The van der Waals surface area contributed by atoms with Crippen LogP contribution >= 0.6 is 0 Å². The molecule has 0 aliphatic carbocycles. The highest BCUT2D eigenvalue weighted by Crippen LogP contribution is 2.39. The van der Waals surface area contributed by atoms with Crippen LogP contribution < -0.4 is 5.32 Å². The third-order valence-electron chi connectivity index (χ3n) is 4.54. The van der Waals surface area contributed by atoms with Crippen molar-refractivity contribution in [3.63, 3.8) is 0 Å². The maximum Gasteiger partial charge on any atom is 0.410 e. The van der Waals surface area contributed by atoms with Gasteiger partial charge in [0.05, 0.1) is 0 Å². The van der Waals surface area contributed by atoms with E-state index in [-0.39, 0.29) is 17.9 Å². The molecule has 2 amide bonds. The highest BCUT2D eigenvalue weighted by molar-refractivity contribution is 6.24. The van der Waals surface area contributed by atoms with E-state index in [1.165, 1.54) is 5.56 Å². The predicted molar refractivity (Wildman–Crippen MR) is 92.4 cm³/mol. The molecule has 124 valence electrons. The molecule has 0 atom stereocenters. The first kappa shape index (κ1) is 15.0. The van der Waals surface area contributed by atoms with Gasteiger partial charge in [-0.15, -0.1) is 0 Å². The molecular formula is C19H20N2O3. The van der Waals surface area contributed by atoms with Gasteiger partial charge in [0.2, 0.25) is 0 Å². The van der Waals surface area contributed by atoms with E-state index in [4.69, 9.17) is 4.74 Å². The zero-order chi connectivity index (χ0) is 17.1. The summed E-state index contributed by atoms with van der Waals surface area (Å²) >= 11 is 0. The lowest BCUT2D eigenvalue weighted by molar-refractivity contribution is 0.00830. The van der Waals surface area contributed by atoms with Gasteiger partial charge in [-0.3, -0.25) is 4.79 Å². The summed E-state index contributed by atoms with van der Waals surface area (Å²) in [4.78, 5) is 25.8. The van der Waals surface area contributed by atoms with E-state index in [9.17, 15) is 9.59 Å². The molecule has 24 heavy (non-hydrogen) atoms. The Labute approximate surface area is 140 Å². The molecule has 0 spiro atoms. The number of amides is 2. The Morgan fingerprint density at radius 2 is 1.96 bits per heavy atom. The quantitative estimate of drug-likeness (QED) is 0.869. The molecule has 4 rings (SSSR count). The molecule has 0 aromatic heterocycles. The first-order chi connectivity index (χ1) is 11.3. The number of rotatable bonds is 1. The Balaban J connectivity index is 1.59. The lowest BCUT2D eigenvalue weighted by Crippen LogP contribution is -2.50. The van der Waals surface area contributed by atoms with Crippen molar-refractivity contribution in [1.29, 1.82) is 0 Å². The number of likely N-dealkylation sites (tertiary alicyclic amines) is 1. The third kappa shape index (κ3) is 2.31. The molecule has 2 aliphatic rings. The highest BCUT2D eigenvalue weighted by atomic mass is 16.6. The number of hydrogen-bond donors (Lipinski definition) is 1. The van der Waals surface area contributed by atoms with Gasteiger partial charge in [0.1, 0.15) is 5.60 Å². The number of ether oxygens (including phenoxy) is 1. The second kappa shape index (κ2) is 4.97. The number of anilines is 1. The Morgan fingerprint density at radius 1 is 1.21 bits per heavy atom. The average Bonchev–Trinajstić information content (AvgIpc) is 2.75. The summed E-state index contributed by atoms with van der Waals surface area (Å²) in [6.45, 7) is 6.91. The summed E-state index contributed by atoms with van der Waals surface area (Å²) in [6.07, 6.45) is -0.262. The van der Waals surface area contributed by atoms with Crippen molar-refractivity contribution in [3.05, 3.63) is 41.5 Å². The van der Waals surface area contributed by atoms with Crippen molar-refractivity contribution in [3.8, 4) is 0 Å². The van der Waals surface area contributed by atoms with E-state index < -0.39 is 5.60 Å². The van der Waals surface area contributed by atoms with Crippen molar-refractivity contribution in [2.24, 2.45) is 0 Å². The molecule has 1 saturated heterocycles. The van der Waals surface area contributed by atoms with Crippen LogP contribution in [0.1, 0.15) is 42.6 Å². The smallest absolute Gasteiger partial charge is 0.410 e. The van der Waals surface area contributed by atoms with E-state index in [0.29, 0.717) is 13.1 Å². The average molecular weight is 324 g/mol. The van der Waals surface area contributed by atoms with E-state index in [0.717, 1.165) is 22.0 Å². The van der Waals surface area contributed by atoms with Gasteiger partial charge in [0.25, 0.3) is 5.91 Å². The van der Waals surface area contributed by atoms with Crippen LogP contribution in [-0.4, -0.2) is 35.6 Å². The fraction of sp³-hybridized carbons (Fsp3) is 0.368.